The van der Waals surface area contributed by atoms with Crippen molar-refractivity contribution in [3.63, 3.8) is 0 Å². The van der Waals surface area contributed by atoms with Gasteiger partial charge in [0.15, 0.2) is 17.3 Å². The molecular formula is C28H40O5. The van der Waals surface area contributed by atoms with Crippen LogP contribution in [0.4, 0.5) is 0 Å². The van der Waals surface area contributed by atoms with Gasteiger partial charge in [0.05, 0.1) is 26.9 Å². The zero-order valence-electron chi connectivity index (χ0n) is 21.3. The van der Waals surface area contributed by atoms with Crippen molar-refractivity contribution in [1.29, 1.82) is 0 Å². The summed E-state index contributed by atoms with van der Waals surface area (Å²) in [4.78, 5) is 13.0. The van der Waals surface area contributed by atoms with Crippen molar-refractivity contribution in [3.05, 3.63) is 47.5 Å². The number of hydrogen-bond donors (Lipinski definition) is 0. The molecule has 0 aliphatic heterocycles. The van der Waals surface area contributed by atoms with Crippen LogP contribution in [0.25, 0.3) is 0 Å². The smallest absolute Gasteiger partial charge is 0.164 e. The first kappa shape index (κ1) is 26.6. The molecule has 2 rings (SSSR count). The fraction of sp³-hybridized carbons (Fsp3) is 0.536. The van der Waals surface area contributed by atoms with Crippen LogP contribution in [0.15, 0.2) is 36.4 Å². The maximum Gasteiger partial charge on any atom is 0.164 e. The lowest BCUT2D eigenvalue weighted by Crippen LogP contribution is -2.10. The molecule has 0 atom stereocenters. The van der Waals surface area contributed by atoms with Gasteiger partial charge in [-0.15, -0.1) is 0 Å². The minimum atomic E-state index is 0.0623. The molecular weight excluding hydrogens is 416 g/mol. The summed E-state index contributed by atoms with van der Waals surface area (Å²) in [5, 5.41) is 0. The van der Waals surface area contributed by atoms with Gasteiger partial charge in [-0.3, -0.25) is 4.79 Å². The molecule has 0 aliphatic carbocycles. The molecule has 0 radical (unpaired) electrons. The van der Waals surface area contributed by atoms with Crippen molar-refractivity contribution >= 4 is 5.78 Å². The van der Waals surface area contributed by atoms with Crippen LogP contribution in [0, 0.1) is 17.8 Å². The van der Waals surface area contributed by atoms with Gasteiger partial charge in [0, 0.05) is 23.6 Å². The summed E-state index contributed by atoms with van der Waals surface area (Å²) < 4.78 is 23.4. The molecule has 0 saturated heterocycles. The first-order valence-electron chi connectivity index (χ1n) is 11.9. The molecule has 0 spiro atoms. The Balaban J connectivity index is 2.21. The number of carbonyl (C=O) groups excluding carboxylic acids is 1. The average molecular weight is 457 g/mol. The Labute approximate surface area is 199 Å². The summed E-state index contributed by atoms with van der Waals surface area (Å²) in [6, 6.07) is 11.2. The van der Waals surface area contributed by atoms with E-state index in [0.717, 1.165) is 17.1 Å². The van der Waals surface area contributed by atoms with Gasteiger partial charge < -0.3 is 18.9 Å². The lowest BCUT2D eigenvalue weighted by Gasteiger charge is -2.19. The minimum Gasteiger partial charge on any atom is -0.493 e. The Morgan fingerprint density at radius 3 is 2.00 bits per heavy atom. The Bertz CT molecular complexity index is 886. The van der Waals surface area contributed by atoms with Gasteiger partial charge in [-0.25, -0.2) is 0 Å². The van der Waals surface area contributed by atoms with E-state index in [9.17, 15) is 4.79 Å². The van der Waals surface area contributed by atoms with E-state index in [1.165, 1.54) is 0 Å². The van der Waals surface area contributed by atoms with Crippen LogP contribution >= 0.6 is 0 Å². The second-order valence-electron chi connectivity index (χ2n) is 9.68. The molecule has 5 nitrogen and oxygen atoms in total. The zero-order valence-corrected chi connectivity index (χ0v) is 21.3. The first-order valence-corrected chi connectivity index (χ1v) is 11.9. The topological polar surface area (TPSA) is 54.0 Å². The van der Waals surface area contributed by atoms with Gasteiger partial charge in [-0.1, -0.05) is 53.7 Å². The van der Waals surface area contributed by atoms with E-state index < -0.39 is 0 Å². The number of ether oxygens (including phenoxy) is 4. The van der Waals surface area contributed by atoms with Crippen LogP contribution < -0.4 is 18.9 Å². The molecule has 0 fully saturated rings. The summed E-state index contributed by atoms with van der Waals surface area (Å²) in [5.41, 5.74) is 1.56. The maximum absolute atomic E-state index is 13.0. The van der Waals surface area contributed by atoms with Crippen molar-refractivity contribution in [2.75, 3.05) is 26.9 Å². The van der Waals surface area contributed by atoms with E-state index >= 15 is 0 Å². The highest BCUT2D eigenvalue weighted by molar-refractivity contribution is 5.96. The number of carbonyl (C=O) groups is 1. The van der Waals surface area contributed by atoms with Gasteiger partial charge >= 0.3 is 0 Å². The third-order valence-electron chi connectivity index (χ3n) is 4.83. The predicted octanol–water partition coefficient (Wildman–Crippen LogP) is 6.62. The van der Waals surface area contributed by atoms with Crippen LogP contribution in [0.2, 0.25) is 0 Å². The highest BCUT2D eigenvalue weighted by Crippen LogP contribution is 2.37. The molecule has 0 amide bonds. The Kier molecular flexibility index (Phi) is 10.6. The molecule has 0 heterocycles. The zero-order chi connectivity index (χ0) is 24.4. The Morgan fingerprint density at radius 1 is 0.788 bits per heavy atom. The SMILES string of the molecule is COc1cc(OCC(C)C)cc(CCC(=O)c2cccc(OCC(C)C)c2)c1OCC(C)C. The number of Topliss-reactive ketones (excluding diaryl/α,β-unsaturated/α-hetero) is 1. The molecule has 0 saturated carbocycles. The fourth-order valence-corrected chi connectivity index (χ4v) is 3.14. The summed E-state index contributed by atoms with van der Waals surface area (Å²) >= 11 is 0. The number of rotatable bonds is 14. The highest BCUT2D eigenvalue weighted by Gasteiger charge is 2.17. The molecule has 2 aromatic carbocycles. The highest BCUT2D eigenvalue weighted by atomic mass is 16.5. The lowest BCUT2D eigenvalue weighted by atomic mass is 10.0. The molecule has 2 aromatic rings. The van der Waals surface area contributed by atoms with E-state index in [1.807, 2.05) is 36.4 Å². The number of ketones is 1. The third-order valence-corrected chi connectivity index (χ3v) is 4.83. The largest absolute Gasteiger partial charge is 0.493 e. The summed E-state index contributed by atoms with van der Waals surface area (Å²) in [5.74, 6) is 4.03. The van der Waals surface area contributed by atoms with Gasteiger partial charge in [0.2, 0.25) is 0 Å². The van der Waals surface area contributed by atoms with Crippen molar-refractivity contribution in [1.82, 2.24) is 0 Å². The van der Waals surface area contributed by atoms with Crippen LogP contribution in [0.3, 0.4) is 0 Å². The number of methoxy groups -OCH3 is 1. The number of hydrogen-bond acceptors (Lipinski definition) is 5. The average Bonchev–Trinajstić information content (AvgIpc) is 2.78. The van der Waals surface area contributed by atoms with Crippen molar-refractivity contribution in [2.45, 2.75) is 54.4 Å². The summed E-state index contributed by atoms with van der Waals surface area (Å²) in [7, 11) is 1.63. The van der Waals surface area contributed by atoms with Gasteiger partial charge in [0.1, 0.15) is 11.5 Å². The molecule has 0 aliphatic rings. The first-order chi connectivity index (χ1) is 15.7. The van der Waals surface area contributed by atoms with Crippen molar-refractivity contribution in [3.8, 4) is 23.0 Å². The normalized spacial score (nSPS) is 11.2. The predicted molar refractivity (Wildman–Crippen MR) is 133 cm³/mol. The van der Waals surface area contributed by atoms with Crippen LogP contribution in [-0.4, -0.2) is 32.7 Å². The van der Waals surface area contributed by atoms with E-state index in [-0.39, 0.29) is 5.78 Å². The molecule has 0 aromatic heterocycles. The fourth-order valence-electron chi connectivity index (χ4n) is 3.14. The van der Waals surface area contributed by atoms with Gasteiger partial charge in [-0.05, 0) is 42.4 Å². The van der Waals surface area contributed by atoms with E-state index in [2.05, 4.69) is 41.5 Å². The third kappa shape index (κ3) is 8.99. The maximum atomic E-state index is 13.0. The molecule has 0 bridgehead atoms. The minimum absolute atomic E-state index is 0.0623. The van der Waals surface area contributed by atoms with Gasteiger partial charge in [0.25, 0.3) is 0 Å². The van der Waals surface area contributed by atoms with Crippen LogP contribution in [0.5, 0.6) is 23.0 Å². The van der Waals surface area contributed by atoms with E-state index in [1.54, 1.807) is 7.11 Å². The van der Waals surface area contributed by atoms with Crippen molar-refractivity contribution < 1.29 is 23.7 Å². The molecule has 5 heteroatoms. The van der Waals surface area contributed by atoms with E-state index in [4.69, 9.17) is 18.9 Å². The second-order valence-corrected chi connectivity index (χ2v) is 9.68. The standard InChI is InChI=1S/C28H40O5/c1-19(2)16-31-24-10-8-9-22(13-24)26(29)12-11-23-14-25(32-17-20(3)4)15-27(30-7)28(23)33-18-21(5)6/h8-10,13-15,19-21H,11-12,16-18H2,1-7H3. The monoisotopic (exact) mass is 456 g/mol. The van der Waals surface area contributed by atoms with E-state index in [0.29, 0.717) is 67.5 Å². The van der Waals surface area contributed by atoms with Crippen LogP contribution in [-0.2, 0) is 6.42 Å². The quantitative estimate of drug-likeness (QED) is 0.299. The Hall–Kier alpha value is -2.69. The van der Waals surface area contributed by atoms with Crippen molar-refractivity contribution in [2.24, 2.45) is 17.8 Å². The molecule has 0 N–H and O–H groups in total. The number of aryl methyl sites for hydroxylation is 1. The molecule has 0 unspecified atom stereocenters. The van der Waals surface area contributed by atoms with Gasteiger partial charge in [-0.2, -0.15) is 0 Å². The lowest BCUT2D eigenvalue weighted by molar-refractivity contribution is 0.0982. The molecule has 182 valence electrons. The summed E-state index contributed by atoms with van der Waals surface area (Å²) in [6.45, 7) is 14.4. The number of benzene rings is 2. The molecule has 33 heavy (non-hydrogen) atoms. The Morgan fingerprint density at radius 2 is 1.39 bits per heavy atom. The van der Waals surface area contributed by atoms with Crippen LogP contribution in [0.1, 0.15) is 63.9 Å². The second kappa shape index (κ2) is 13.1. The summed E-state index contributed by atoms with van der Waals surface area (Å²) in [6.07, 6.45) is 0.876.